The van der Waals surface area contributed by atoms with Gasteiger partial charge in [0.25, 0.3) is 0 Å². The van der Waals surface area contributed by atoms with Gasteiger partial charge in [0.2, 0.25) is 5.70 Å². The fourth-order valence-corrected chi connectivity index (χ4v) is 0.924. The van der Waals surface area contributed by atoms with Crippen LogP contribution < -0.4 is 0 Å². The van der Waals surface area contributed by atoms with Gasteiger partial charge in [-0.05, 0) is 13.8 Å². The van der Waals surface area contributed by atoms with Gasteiger partial charge in [-0.25, -0.2) is 9.64 Å². The normalized spacial score (nSPS) is 19.2. The standard InChI is InChI=1S/C9H6N2O2/c1-5(4-10)8-7(11-3)6(2)9(12)13-8/h1-2H3. The fraction of sp³-hybridized carbons (Fsp3) is 0.222. The summed E-state index contributed by atoms with van der Waals surface area (Å²) in [6, 6.07) is 1.84. The summed E-state index contributed by atoms with van der Waals surface area (Å²) in [4.78, 5) is 14.2. The number of allylic oxidation sites excluding steroid dienone is 1. The SMILES string of the molecule is [C-]#[N+]C1=C(C)C(=O)OC1=C(C)C#N. The number of carbonyl (C=O) groups is 1. The van der Waals surface area contributed by atoms with Gasteiger partial charge < -0.3 is 4.74 Å². The average Bonchev–Trinajstić information content (AvgIpc) is 2.42. The van der Waals surface area contributed by atoms with E-state index >= 15 is 0 Å². The highest BCUT2D eigenvalue weighted by atomic mass is 16.5. The Balaban J connectivity index is 3.34. The molecule has 0 aromatic rings. The van der Waals surface area contributed by atoms with E-state index in [-0.39, 0.29) is 22.6 Å². The summed E-state index contributed by atoms with van der Waals surface area (Å²) < 4.78 is 4.76. The third-order valence-electron chi connectivity index (χ3n) is 1.69. The quantitative estimate of drug-likeness (QED) is 0.318. The van der Waals surface area contributed by atoms with Gasteiger partial charge in [-0.2, -0.15) is 5.26 Å². The summed E-state index contributed by atoms with van der Waals surface area (Å²) in [5.41, 5.74) is 0.653. The Morgan fingerprint density at radius 3 is 2.77 bits per heavy atom. The molecule has 1 aliphatic rings. The molecule has 0 bridgehead atoms. The molecule has 0 unspecified atom stereocenters. The van der Waals surface area contributed by atoms with Crippen LogP contribution in [0.3, 0.4) is 0 Å². The Kier molecular flexibility index (Phi) is 2.17. The molecule has 0 saturated heterocycles. The lowest BCUT2D eigenvalue weighted by molar-refractivity contribution is -0.133. The van der Waals surface area contributed by atoms with Crippen LogP contribution in [0.5, 0.6) is 0 Å². The van der Waals surface area contributed by atoms with E-state index < -0.39 is 5.97 Å². The molecule has 0 atom stereocenters. The van der Waals surface area contributed by atoms with Crippen molar-refractivity contribution in [1.82, 2.24) is 0 Å². The van der Waals surface area contributed by atoms with E-state index in [1.165, 1.54) is 13.8 Å². The van der Waals surface area contributed by atoms with Crippen molar-refractivity contribution in [2.24, 2.45) is 0 Å². The zero-order valence-electron chi connectivity index (χ0n) is 7.21. The van der Waals surface area contributed by atoms with E-state index in [0.29, 0.717) is 0 Å². The molecule has 1 heterocycles. The number of cyclic esters (lactones) is 1. The Bertz CT molecular complexity index is 416. The van der Waals surface area contributed by atoms with E-state index in [0.717, 1.165) is 0 Å². The number of hydrogen-bond acceptors (Lipinski definition) is 3. The predicted octanol–water partition coefficient (Wildman–Crippen LogP) is 1.53. The minimum absolute atomic E-state index is 0.0972. The molecular formula is C9H6N2O2. The lowest BCUT2D eigenvalue weighted by Crippen LogP contribution is -1.95. The van der Waals surface area contributed by atoms with E-state index in [1.54, 1.807) is 0 Å². The highest BCUT2D eigenvalue weighted by Gasteiger charge is 2.28. The first-order valence-corrected chi connectivity index (χ1v) is 3.53. The maximum atomic E-state index is 11.0. The molecule has 0 radical (unpaired) electrons. The topological polar surface area (TPSA) is 54.5 Å². The van der Waals surface area contributed by atoms with Crippen LogP contribution in [-0.4, -0.2) is 5.97 Å². The van der Waals surface area contributed by atoms with Crippen molar-refractivity contribution in [2.45, 2.75) is 13.8 Å². The van der Waals surface area contributed by atoms with E-state index in [2.05, 4.69) is 4.85 Å². The number of nitrogens with zero attached hydrogens (tertiary/aromatic N) is 2. The van der Waals surface area contributed by atoms with Crippen molar-refractivity contribution in [3.05, 3.63) is 34.0 Å². The van der Waals surface area contributed by atoms with Crippen molar-refractivity contribution in [3.63, 3.8) is 0 Å². The molecule has 0 aliphatic carbocycles. The Morgan fingerprint density at radius 2 is 2.31 bits per heavy atom. The molecule has 4 heteroatoms. The summed E-state index contributed by atoms with van der Waals surface area (Å²) in [7, 11) is 0. The number of hydrogen-bond donors (Lipinski definition) is 0. The van der Waals surface area contributed by atoms with Crippen molar-refractivity contribution >= 4 is 5.97 Å². The molecule has 0 fully saturated rings. The molecule has 0 aromatic heterocycles. The Morgan fingerprint density at radius 1 is 1.69 bits per heavy atom. The van der Waals surface area contributed by atoms with Crippen LogP contribution in [-0.2, 0) is 9.53 Å². The largest absolute Gasteiger partial charge is 0.435 e. The lowest BCUT2D eigenvalue weighted by atomic mass is 10.2. The number of ether oxygens (including phenoxy) is 1. The van der Waals surface area contributed by atoms with Crippen molar-refractivity contribution in [1.29, 1.82) is 5.26 Å². The molecule has 0 aromatic carbocycles. The maximum Gasteiger partial charge on any atom is 0.327 e. The number of esters is 1. The molecule has 13 heavy (non-hydrogen) atoms. The average molecular weight is 174 g/mol. The van der Waals surface area contributed by atoms with Crippen LogP contribution in [0.2, 0.25) is 0 Å². The van der Waals surface area contributed by atoms with Crippen LogP contribution in [0, 0.1) is 17.9 Å². The van der Waals surface area contributed by atoms with Crippen LogP contribution in [0.1, 0.15) is 13.8 Å². The summed E-state index contributed by atoms with van der Waals surface area (Å²) in [6.45, 7) is 9.82. The second-order valence-corrected chi connectivity index (χ2v) is 2.54. The van der Waals surface area contributed by atoms with Crippen molar-refractivity contribution in [3.8, 4) is 6.07 Å². The smallest absolute Gasteiger partial charge is 0.327 e. The summed E-state index contributed by atoms with van der Waals surface area (Å²) in [5, 5.41) is 8.56. The van der Waals surface area contributed by atoms with Crippen LogP contribution in [0.15, 0.2) is 22.6 Å². The highest BCUT2D eigenvalue weighted by Crippen LogP contribution is 2.28. The molecule has 0 spiro atoms. The fourth-order valence-electron chi connectivity index (χ4n) is 0.924. The minimum atomic E-state index is -0.546. The zero-order chi connectivity index (χ0) is 10.0. The van der Waals surface area contributed by atoms with Gasteiger partial charge >= 0.3 is 5.97 Å². The van der Waals surface area contributed by atoms with Crippen molar-refractivity contribution < 1.29 is 9.53 Å². The third kappa shape index (κ3) is 1.30. The zero-order valence-corrected chi connectivity index (χ0v) is 7.21. The molecule has 0 saturated carbocycles. The van der Waals surface area contributed by atoms with Crippen molar-refractivity contribution in [2.75, 3.05) is 0 Å². The van der Waals surface area contributed by atoms with Gasteiger partial charge in [-0.15, -0.1) is 0 Å². The molecule has 1 aliphatic heterocycles. The highest BCUT2D eigenvalue weighted by molar-refractivity contribution is 5.94. The second-order valence-electron chi connectivity index (χ2n) is 2.54. The first kappa shape index (κ1) is 9.02. The van der Waals surface area contributed by atoms with Gasteiger partial charge in [0, 0.05) is 5.57 Å². The molecule has 64 valence electrons. The molecule has 4 nitrogen and oxygen atoms in total. The number of nitriles is 1. The predicted molar refractivity (Wildman–Crippen MR) is 43.7 cm³/mol. The lowest BCUT2D eigenvalue weighted by Gasteiger charge is -1.97. The van der Waals surface area contributed by atoms with E-state index in [9.17, 15) is 4.79 Å². The van der Waals surface area contributed by atoms with E-state index in [1.807, 2.05) is 6.07 Å². The van der Waals surface area contributed by atoms with Gasteiger partial charge in [0.15, 0.2) is 5.76 Å². The van der Waals surface area contributed by atoms with Gasteiger partial charge in [-0.3, -0.25) is 0 Å². The first-order valence-electron chi connectivity index (χ1n) is 3.53. The maximum absolute atomic E-state index is 11.0. The molecule has 1 rings (SSSR count). The Hall–Kier alpha value is -2.07. The van der Waals surface area contributed by atoms with Gasteiger partial charge in [0.1, 0.15) is 0 Å². The number of carbonyl (C=O) groups excluding carboxylic acids is 1. The molecule has 0 amide bonds. The van der Waals surface area contributed by atoms with Gasteiger partial charge in [0.05, 0.1) is 18.2 Å². The summed E-state index contributed by atoms with van der Waals surface area (Å²) in [6.07, 6.45) is 0. The molecular weight excluding hydrogens is 168 g/mol. The van der Waals surface area contributed by atoms with Crippen LogP contribution >= 0.6 is 0 Å². The Labute approximate surface area is 75.5 Å². The van der Waals surface area contributed by atoms with E-state index in [4.69, 9.17) is 16.6 Å². The summed E-state index contributed by atoms with van der Waals surface area (Å²) >= 11 is 0. The third-order valence-corrected chi connectivity index (χ3v) is 1.69. The van der Waals surface area contributed by atoms with Crippen LogP contribution in [0.4, 0.5) is 0 Å². The van der Waals surface area contributed by atoms with Crippen LogP contribution in [0.25, 0.3) is 4.85 Å². The minimum Gasteiger partial charge on any atom is -0.435 e. The first-order chi connectivity index (χ1) is 6.11. The number of rotatable bonds is 0. The molecule has 0 N–H and O–H groups in total. The monoisotopic (exact) mass is 174 g/mol. The van der Waals surface area contributed by atoms with Gasteiger partial charge in [-0.1, -0.05) is 0 Å². The second kappa shape index (κ2) is 3.12. The summed E-state index contributed by atoms with van der Waals surface area (Å²) in [5.74, 6) is -0.449.